The Balaban J connectivity index is 4.33. The Hall–Kier alpha value is 0.135. The fourth-order valence-corrected chi connectivity index (χ4v) is 3.00. The maximum Gasteiger partial charge on any atom is 0.185 e. The topological polar surface area (TPSA) is 57.5 Å². The number of hydrogen-bond acceptors (Lipinski definition) is 8. The van der Waals surface area contributed by atoms with Gasteiger partial charge in [-0.15, -0.1) is 0 Å². The van der Waals surface area contributed by atoms with Crippen LogP contribution in [0.25, 0.3) is 0 Å². The molecule has 0 aliphatic heterocycles. The first kappa shape index (κ1) is 29.1. The van der Waals surface area contributed by atoms with E-state index < -0.39 is 0 Å². The van der Waals surface area contributed by atoms with Gasteiger partial charge < -0.3 is 30.0 Å². The van der Waals surface area contributed by atoms with E-state index in [4.69, 9.17) is 5.73 Å². The first-order valence-corrected chi connectivity index (χ1v) is 11.2. The molecule has 0 bridgehead atoms. The highest BCUT2D eigenvalue weighted by atomic mass is 15.2. The fourth-order valence-electron chi connectivity index (χ4n) is 3.00. The summed E-state index contributed by atoms with van der Waals surface area (Å²) in [5.74, 6) is 0. The molecule has 0 aromatic rings. The van der Waals surface area contributed by atoms with Crippen LogP contribution in [-0.2, 0) is 0 Å². The van der Waals surface area contributed by atoms with Gasteiger partial charge in [-0.25, -0.2) is 0 Å². The monoisotopic (exact) mass is 402 g/mol. The quantitative estimate of drug-likeness (QED) is 0.195. The van der Waals surface area contributed by atoms with E-state index in [1.807, 2.05) is 7.98 Å². The Morgan fingerprint density at radius 2 is 0.897 bits per heavy atom. The SMILES string of the molecule is BNCCN(B)CCN(CCN(B)B)CCN(B)CCN(CCN)CCN(B)B. The van der Waals surface area contributed by atoms with Crippen LogP contribution in [0.2, 0.25) is 0 Å². The molecule has 0 fully saturated rings. The summed E-state index contributed by atoms with van der Waals surface area (Å²) in [6.07, 6.45) is 0. The van der Waals surface area contributed by atoms with Gasteiger partial charge in [-0.05, 0) is 45.8 Å². The van der Waals surface area contributed by atoms with Crippen molar-refractivity contribution in [2.45, 2.75) is 0 Å². The molecule has 0 spiro atoms. The first-order valence-electron chi connectivity index (χ1n) is 11.2. The lowest BCUT2D eigenvalue weighted by Gasteiger charge is -2.30. The van der Waals surface area contributed by atoms with Gasteiger partial charge in [-0.1, -0.05) is 0 Å². The summed E-state index contributed by atoms with van der Waals surface area (Å²) in [6, 6.07) is 0. The molecule has 162 valence electrons. The minimum atomic E-state index is 0.733. The molecule has 29 heavy (non-hydrogen) atoms. The van der Waals surface area contributed by atoms with Gasteiger partial charge in [0.1, 0.15) is 0 Å². The average Bonchev–Trinajstić information content (AvgIpc) is 2.67. The lowest BCUT2D eigenvalue weighted by atomic mass is 10.1. The summed E-state index contributed by atoms with van der Waals surface area (Å²) in [5, 5.41) is 3.23. The number of nitrogens with zero attached hydrogens (tertiary/aromatic N) is 6. The van der Waals surface area contributed by atoms with E-state index in [2.05, 4.69) is 82.0 Å². The van der Waals surface area contributed by atoms with Gasteiger partial charge in [0.15, 0.2) is 55.9 Å². The van der Waals surface area contributed by atoms with Crippen molar-refractivity contribution in [3.63, 3.8) is 0 Å². The number of nitrogens with one attached hydrogen (secondary N) is 1. The van der Waals surface area contributed by atoms with E-state index >= 15 is 0 Å². The van der Waals surface area contributed by atoms with Crippen molar-refractivity contribution >= 4 is 55.9 Å². The highest BCUT2D eigenvalue weighted by Gasteiger charge is 2.10. The summed E-state index contributed by atoms with van der Waals surface area (Å²) in [7, 11) is 15.0. The van der Waals surface area contributed by atoms with Gasteiger partial charge >= 0.3 is 0 Å². The fraction of sp³-hybridized carbons (Fsp3) is 1.00. The Bertz CT molecular complexity index is 373. The van der Waals surface area contributed by atoms with Gasteiger partial charge in [0.25, 0.3) is 0 Å². The van der Waals surface area contributed by atoms with Gasteiger partial charge in [0, 0.05) is 45.8 Å². The van der Waals surface area contributed by atoms with Crippen molar-refractivity contribution in [3.05, 3.63) is 0 Å². The van der Waals surface area contributed by atoms with Gasteiger partial charge in [-0.2, -0.15) is 0 Å². The molecule has 0 atom stereocenters. The van der Waals surface area contributed by atoms with E-state index in [-0.39, 0.29) is 0 Å². The molecule has 0 saturated carbocycles. The van der Waals surface area contributed by atoms with E-state index in [1.54, 1.807) is 0 Å². The van der Waals surface area contributed by atoms with E-state index in [9.17, 15) is 0 Å². The summed E-state index contributed by atoms with van der Waals surface area (Å²) in [5.41, 5.74) is 5.80. The van der Waals surface area contributed by atoms with Crippen LogP contribution in [0.15, 0.2) is 0 Å². The molecule has 15 heteroatoms. The van der Waals surface area contributed by atoms with E-state index in [0.717, 1.165) is 91.6 Å². The third kappa shape index (κ3) is 18.6. The molecule has 3 N–H and O–H groups in total. The van der Waals surface area contributed by atoms with E-state index in [1.165, 1.54) is 0 Å². The van der Waals surface area contributed by atoms with Crippen LogP contribution in [0.5, 0.6) is 0 Å². The highest BCUT2D eigenvalue weighted by molar-refractivity contribution is 6.25. The zero-order chi connectivity index (χ0) is 22.1. The molecule has 0 aliphatic carbocycles. The van der Waals surface area contributed by atoms with Crippen molar-refractivity contribution in [2.75, 3.05) is 91.6 Å². The minimum absolute atomic E-state index is 0.733. The van der Waals surface area contributed by atoms with Gasteiger partial charge in [0.2, 0.25) is 0 Å². The van der Waals surface area contributed by atoms with Crippen molar-refractivity contribution < 1.29 is 0 Å². The standard InChI is InChI=1S/C14H45B7N8/c15-23-2-4-26(16)10-6-25(9-14-29(20)21)7-12-27(17)11-5-24(3-1-22)8-13-28(18)19/h23H,1-22H2. The van der Waals surface area contributed by atoms with Crippen molar-refractivity contribution in [3.8, 4) is 0 Å². The second-order valence-electron chi connectivity index (χ2n) is 8.79. The molecule has 0 unspecified atom stereocenters. The van der Waals surface area contributed by atoms with E-state index in [0.29, 0.717) is 0 Å². The van der Waals surface area contributed by atoms with Crippen molar-refractivity contribution in [1.29, 1.82) is 0 Å². The largest absolute Gasteiger partial charge is 0.395 e. The molecular weight excluding hydrogens is 356 g/mol. The van der Waals surface area contributed by atoms with Crippen LogP contribution in [0.1, 0.15) is 0 Å². The van der Waals surface area contributed by atoms with Gasteiger partial charge in [0.05, 0.1) is 0 Å². The molecule has 0 aromatic heterocycles. The lowest BCUT2D eigenvalue weighted by Crippen LogP contribution is -2.44. The number of nitrogens with two attached hydrogens (primary N) is 1. The maximum absolute atomic E-state index is 5.80. The third-order valence-corrected chi connectivity index (χ3v) is 5.31. The molecule has 0 radical (unpaired) electrons. The molecule has 0 aliphatic rings. The molecule has 0 saturated heterocycles. The Kier molecular flexibility index (Phi) is 19.0. The first-order chi connectivity index (χ1) is 13.8. The summed E-state index contributed by atoms with van der Waals surface area (Å²) in [6.45, 7) is 14.9. The van der Waals surface area contributed by atoms with Gasteiger partial charge in [-0.3, -0.25) is 9.80 Å². The predicted molar refractivity (Wildman–Crippen MR) is 146 cm³/mol. The van der Waals surface area contributed by atoms with Crippen LogP contribution < -0.4 is 11.0 Å². The van der Waals surface area contributed by atoms with Crippen molar-refractivity contribution in [2.24, 2.45) is 5.73 Å². The zero-order valence-electron chi connectivity index (χ0n) is 20.7. The van der Waals surface area contributed by atoms with Crippen LogP contribution in [0.3, 0.4) is 0 Å². The maximum atomic E-state index is 5.80. The van der Waals surface area contributed by atoms with Crippen molar-refractivity contribution in [1.82, 2.24) is 34.1 Å². The molecular formula is C14H45B7N8. The molecule has 8 nitrogen and oxygen atoms in total. The minimum Gasteiger partial charge on any atom is -0.395 e. The van der Waals surface area contributed by atoms with Crippen LogP contribution in [0.4, 0.5) is 0 Å². The normalized spacial score (nSPS) is 12.4. The highest BCUT2D eigenvalue weighted by Crippen LogP contribution is 1.95. The summed E-state index contributed by atoms with van der Waals surface area (Å²) < 4.78 is 4.51. The van der Waals surface area contributed by atoms with Crippen LogP contribution >= 0.6 is 0 Å². The predicted octanol–water partition coefficient (Wildman–Crippen LogP) is -8.82. The summed E-state index contributed by atoms with van der Waals surface area (Å²) in [4.78, 5) is 9.97. The van der Waals surface area contributed by atoms with Crippen LogP contribution in [-0.4, -0.2) is 176 Å². The molecule has 0 amide bonds. The summed E-state index contributed by atoms with van der Waals surface area (Å²) >= 11 is 0. The Morgan fingerprint density at radius 3 is 1.28 bits per heavy atom. The molecule has 0 heterocycles. The Labute approximate surface area is 187 Å². The number of rotatable bonds is 20. The molecule has 0 aromatic carbocycles. The molecule has 0 rings (SSSR count). The third-order valence-electron chi connectivity index (χ3n) is 5.31. The zero-order valence-corrected chi connectivity index (χ0v) is 20.7. The van der Waals surface area contributed by atoms with Crippen LogP contribution in [0, 0.1) is 0 Å². The smallest absolute Gasteiger partial charge is 0.185 e. The average molecular weight is 401 g/mol. The Morgan fingerprint density at radius 1 is 0.517 bits per heavy atom. The second kappa shape index (κ2) is 18.9. The number of hydrogen-bond donors (Lipinski definition) is 2. The lowest BCUT2D eigenvalue weighted by molar-refractivity contribution is 0.216. The second-order valence-corrected chi connectivity index (χ2v) is 8.79.